The summed E-state index contributed by atoms with van der Waals surface area (Å²) in [5.41, 5.74) is 0.581. The summed E-state index contributed by atoms with van der Waals surface area (Å²) in [6.07, 6.45) is 1.94. The second kappa shape index (κ2) is 10.7. The van der Waals surface area contributed by atoms with Crippen LogP contribution >= 0.6 is 22.9 Å². The van der Waals surface area contributed by atoms with Crippen molar-refractivity contribution in [3.05, 3.63) is 57.0 Å². The molecule has 1 N–H and O–H groups in total. The molecule has 1 saturated heterocycles. The van der Waals surface area contributed by atoms with Crippen molar-refractivity contribution in [2.45, 2.75) is 32.1 Å². The van der Waals surface area contributed by atoms with Gasteiger partial charge >= 0.3 is 0 Å². The zero-order chi connectivity index (χ0) is 21.5. The molecule has 5 nitrogen and oxygen atoms in total. The standard InChI is InChI=1S/C22H24ClFN2O3S/c23-20-7-6-19(30-20)18(27)5-8-21(28)26-13-10-16(11-14-26)22(29)25-12-9-15-3-1-2-4-17(15)24/h1-4,6-7,16H,5,8-14H2,(H,25,29). The van der Waals surface area contributed by atoms with Crippen molar-refractivity contribution in [2.24, 2.45) is 5.92 Å². The number of hydrogen-bond acceptors (Lipinski definition) is 4. The Morgan fingerprint density at radius 1 is 1.10 bits per heavy atom. The summed E-state index contributed by atoms with van der Waals surface area (Å²) < 4.78 is 14.2. The van der Waals surface area contributed by atoms with Gasteiger partial charge in [0.15, 0.2) is 5.78 Å². The van der Waals surface area contributed by atoms with Gasteiger partial charge in [0.05, 0.1) is 9.21 Å². The van der Waals surface area contributed by atoms with Crippen molar-refractivity contribution in [2.75, 3.05) is 19.6 Å². The molecule has 0 radical (unpaired) electrons. The summed E-state index contributed by atoms with van der Waals surface area (Å²) in [5, 5.41) is 2.87. The van der Waals surface area contributed by atoms with Crippen molar-refractivity contribution < 1.29 is 18.8 Å². The van der Waals surface area contributed by atoms with Gasteiger partial charge in [-0.1, -0.05) is 29.8 Å². The van der Waals surface area contributed by atoms with Crippen molar-refractivity contribution in [3.63, 3.8) is 0 Å². The Hall–Kier alpha value is -2.25. The maximum absolute atomic E-state index is 13.6. The Morgan fingerprint density at radius 2 is 1.83 bits per heavy atom. The number of amides is 2. The highest BCUT2D eigenvalue weighted by atomic mass is 35.5. The number of halogens is 2. The number of nitrogens with one attached hydrogen (secondary N) is 1. The number of rotatable bonds is 8. The minimum absolute atomic E-state index is 0.0526. The molecule has 0 unspecified atom stereocenters. The van der Waals surface area contributed by atoms with Crippen LogP contribution in [0.15, 0.2) is 36.4 Å². The third-order valence-electron chi connectivity index (χ3n) is 5.28. The predicted molar refractivity (Wildman–Crippen MR) is 115 cm³/mol. The van der Waals surface area contributed by atoms with Crippen LogP contribution in [0, 0.1) is 11.7 Å². The molecule has 2 heterocycles. The lowest BCUT2D eigenvalue weighted by atomic mass is 9.95. The van der Waals surface area contributed by atoms with E-state index in [0.29, 0.717) is 53.7 Å². The van der Waals surface area contributed by atoms with Gasteiger partial charge < -0.3 is 10.2 Å². The normalized spacial score (nSPS) is 14.5. The molecular formula is C22H24ClFN2O3S. The molecule has 3 rings (SSSR count). The molecule has 30 heavy (non-hydrogen) atoms. The van der Waals surface area contributed by atoms with Gasteiger partial charge in [0.1, 0.15) is 5.82 Å². The number of benzene rings is 1. The molecule has 1 aromatic heterocycles. The maximum Gasteiger partial charge on any atom is 0.223 e. The van der Waals surface area contributed by atoms with Gasteiger partial charge in [0, 0.05) is 38.4 Å². The minimum Gasteiger partial charge on any atom is -0.356 e. The number of carbonyl (C=O) groups is 3. The van der Waals surface area contributed by atoms with Crippen molar-refractivity contribution >= 4 is 40.5 Å². The lowest BCUT2D eigenvalue weighted by Gasteiger charge is -2.31. The molecule has 1 aliphatic heterocycles. The van der Waals surface area contributed by atoms with Crippen molar-refractivity contribution in [1.29, 1.82) is 0 Å². The maximum atomic E-state index is 13.6. The smallest absolute Gasteiger partial charge is 0.223 e. The van der Waals surface area contributed by atoms with E-state index in [0.717, 1.165) is 0 Å². The molecule has 2 aromatic rings. The van der Waals surface area contributed by atoms with Crippen LogP contribution in [0.25, 0.3) is 0 Å². The number of nitrogens with zero attached hydrogens (tertiary/aromatic N) is 1. The molecule has 0 atom stereocenters. The van der Waals surface area contributed by atoms with E-state index in [9.17, 15) is 18.8 Å². The Labute approximate surface area is 184 Å². The summed E-state index contributed by atoms with van der Waals surface area (Å²) >= 11 is 7.06. The molecule has 0 bridgehead atoms. The number of piperidine rings is 1. The first-order valence-electron chi connectivity index (χ1n) is 10.0. The fourth-order valence-electron chi connectivity index (χ4n) is 3.52. The largest absolute Gasteiger partial charge is 0.356 e. The van der Waals surface area contributed by atoms with E-state index >= 15 is 0 Å². The van der Waals surface area contributed by atoms with E-state index in [1.807, 2.05) is 0 Å². The Balaban J connectivity index is 1.36. The van der Waals surface area contributed by atoms with Gasteiger partial charge in [-0.05, 0) is 43.0 Å². The molecule has 2 amide bonds. The van der Waals surface area contributed by atoms with E-state index < -0.39 is 0 Å². The molecule has 0 saturated carbocycles. The van der Waals surface area contributed by atoms with Crippen LogP contribution in [0.2, 0.25) is 4.34 Å². The topological polar surface area (TPSA) is 66.5 Å². The fraction of sp³-hybridized carbons (Fsp3) is 0.409. The van der Waals surface area contributed by atoms with Gasteiger partial charge in [-0.2, -0.15) is 0 Å². The van der Waals surface area contributed by atoms with E-state index in [4.69, 9.17) is 11.6 Å². The van der Waals surface area contributed by atoms with Crippen LogP contribution in [-0.2, 0) is 16.0 Å². The number of carbonyl (C=O) groups excluding carboxylic acids is 3. The predicted octanol–water partition coefficient (Wildman–Crippen LogP) is 4.10. The van der Waals surface area contributed by atoms with Gasteiger partial charge in [0.25, 0.3) is 0 Å². The SMILES string of the molecule is O=C(CCC(=O)N1CCC(C(=O)NCCc2ccccc2F)CC1)c1ccc(Cl)s1. The Kier molecular flexibility index (Phi) is 7.99. The highest BCUT2D eigenvalue weighted by molar-refractivity contribution is 7.18. The fourth-order valence-corrected chi connectivity index (χ4v) is 4.53. The molecule has 1 aliphatic rings. The number of Topliss-reactive ketones (excluding diaryl/α,β-unsaturated/α-hetero) is 1. The zero-order valence-electron chi connectivity index (χ0n) is 16.5. The van der Waals surface area contributed by atoms with Gasteiger partial charge in [-0.25, -0.2) is 4.39 Å². The second-order valence-electron chi connectivity index (χ2n) is 7.31. The lowest BCUT2D eigenvalue weighted by molar-refractivity contribution is -0.135. The first-order chi connectivity index (χ1) is 14.4. The number of hydrogen-bond donors (Lipinski definition) is 1. The van der Waals surface area contributed by atoms with Crippen molar-refractivity contribution in [1.82, 2.24) is 10.2 Å². The second-order valence-corrected chi connectivity index (χ2v) is 9.03. The highest BCUT2D eigenvalue weighted by Crippen LogP contribution is 2.23. The molecule has 0 spiro atoms. The molecule has 1 fully saturated rings. The first kappa shape index (κ1) is 22.4. The van der Waals surface area contributed by atoms with Crippen molar-refractivity contribution in [3.8, 4) is 0 Å². The highest BCUT2D eigenvalue weighted by Gasteiger charge is 2.27. The molecule has 8 heteroatoms. The average Bonchev–Trinajstić information content (AvgIpc) is 3.19. The van der Waals surface area contributed by atoms with Crippen LogP contribution < -0.4 is 5.32 Å². The van der Waals surface area contributed by atoms with Gasteiger partial charge in [-0.3, -0.25) is 14.4 Å². The molecule has 0 aliphatic carbocycles. The number of thiophene rings is 1. The first-order valence-corrected chi connectivity index (χ1v) is 11.2. The van der Waals surface area contributed by atoms with E-state index in [2.05, 4.69) is 5.32 Å². The number of likely N-dealkylation sites (tertiary alicyclic amines) is 1. The van der Waals surface area contributed by atoms with Gasteiger partial charge in [0.2, 0.25) is 11.8 Å². The van der Waals surface area contributed by atoms with E-state index in [1.54, 1.807) is 35.2 Å². The Morgan fingerprint density at radius 3 is 2.50 bits per heavy atom. The van der Waals surface area contributed by atoms with E-state index in [1.165, 1.54) is 17.4 Å². The molecular weight excluding hydrogens is 427 g/mol. The van der Waals surface area contributed by atoms with Crippen LogP contribution in [0.4, 0.5) is 4.39 Å². The third-order valence-corrected chi connectivity index (χ3v) is 6.56. The third kappa shape index (κ3) is 6.12. The zero-order valence-corrected chi connectivity index (χ0v) is 18.1. The summed E-state index contributed by atoms with van der Waals surface area (Å²) in [5.74, 6) is -0.610. The average molecular weight is 451 g/mol. The van der Waals surface area contributed by atoms with Crippen LogP contribution in [0.5, 0.6) is 0 Å². The monoisotopic (exact) mass is 450 g/mol. The van der Waals surface area contributed by atoms with Crippen LogP contribution in [0.1, 0.15) is 40.9 Å². The summed E-state index contributed by atoms with van der Waals surface area (Å²) in [6, 6.07) is 9.89. The van der Waals surface area contributed by atoms with Gasteiger partial charge in [-0.15, -0.1) is 11.3 Å². The Bertz CT molecular complexity index is 909. The van der Waals surface area contributed by atoms with Crippen LogP contribution in [0.3, 0.4) is 0 Å². The minimum atomic E-state index is -0.265. The molecule has 160 valence electrons. The summed E-state index contributed by atoms with van der Waals surface area (Å²) in [4.78, 5) is 39.2. The van der Waals surface area contributed by atoms with E-state index in [-0.39, 0.29) is 42.2 Å². The molecule has 1 aromatic carbocycles. The summed E-state index contributed by atoms with van der Waals surface area (Å²) in [6.45, 7) is 1.39. The lowest BCUT2D eigenvalue weighted by Crippen LogP contribution is -2.43. The number of ketones is 1. The summed E-state index contributed by atoms with van der Waals surface area (Å²) in [7, 11) is 0. The quantitative estimate of drug-likeness (QED) is 0.616. The van der Waals surface area contributed by atoms with Crippen LogP contribution in [-0.4, -0.2) is 42.1 Å².